The normalized spacial score (nSPS) is 18.3. The summed E-state index contributed by atoms with van der Waals surface area (Å²) < 4.78 is 21.0. The monoisotopic (exact) mass is 392 g/mol. The van der Waals surface area contributed by atoms with Crippen LogP contribution in [-0.4, -0.2) is 32.6 Å². The Bertz CT molecular complexity index is 1300. The van der Waals surface area contributed by atoms with Crippen LogP contribution in [0.1, 0.15) is 40.0 Å². The van der Waals surface area contributed by atoms with Crippen LogP contribution in [0.5, 0.6) is 5.75 Å². The molecule has 2 aromatic carbocycles. The number of ether oxygens (including phenoxy) is 1. The maximum Gasteiger partial charge on any atom is 0.251 e. The Labute approximate surface area is 164 Å². The van der Waals surface area contributed by atoms with Crippen LogP contribution in [0.15, 0.2) is 36.4 Å². The van der Waals surface area contributed by atoms with E-state index >= 15 is 0 Å². The van der Waals surface area contributed by atoms with Crippen LogP contribution in [0.4, 0.5) is 10.3 Å². The zero-order chi connectivity index (χ0) is 20.3. The molecule has 0 spiro atoms. The molecule has 8 nitrogen and oxygen atoms in total. The number of nitrogens with zero attached hydrogens (tertiary/aromatic N) is 4. The van der Waals surface area contributed by atoms with E-state index in [1.807, 2.05) is 18.2 Å². The van der Waals surface area contributed by atoms with Gasteiger partial charge in [0.2, 0.25) is 5.95 Å². The van der Waals surface area contributed by atoms with Crippen molar-refractivity contribution in [2.45, 2.75) is 18.3 Å². The van der Waals surface area contributed by atoms with Gasteiger partial charge in [0.25, 0.3) is 5.91 Å². The summed E-state index contributed by atoms with van der Waals surface area (Å²) in [5.41, 5.74) is 13.2. The molecule has 2 atom stereocenters. The number of hydrogen-bond donors (Lipinski definition) is 2. The highest BCUT2D eigenvalue weighted by atomic mass is 19.1. The molecule has 0 saturated heterocycles. The maximum atomic E-state index is 14.1. The van der Waals surface area contributed by atoms with Gasteiger partial charge < -0.3 is 16.2 Å². The summed E-state index contributed by atoms with van der Waals surface area (Å²) in [6.45, 7) is 0. The van der Waals surface area contributed by atoms with Gasteiger partial charge in [0.1, 0.15) is 17.1 Å². The van der Waals surface area contributed by atoms with Crippen LogP contribution in [0.3, 0.4) is 0 Å². The van der Waals surface area contributed by atoms with E-state index in [9.17, 15) is 9.18 Å². The first-order valence-electron chi connectivity index (χ1n) is 9.06. The second-order valence-electron chi connectivity index (χ2n) is 7.08. The second kappa shape index (κ2) is 6.13. The number of carbonyl (C=O) groups excluding carboxylic acids is 1. The number of para-hydroxylation sites is 1. The highest BCUT2D eigenvalue weighted by Crippen LogP contribution is 2.54. The molecule has 1 aliphatic carbocycles. The number of primary amides is 1. The highest BCUT2D eigenvalue weighted by molar-refractivity contribution is 5.96. The fourth-order valence-electron chi connectivity index (χ4n) is 3.77. The number of amides is 1. The van der Waals surface area contributed by atoms with Crippen LogP contribution < -0.4 is 16.2 Å². The molecule has 2 unspecified atom stereocenters. The van der Waals surface area contributed by atoms with Gasteiger partial charge in [-0.05, 0) is 42.2 Å². The SMILES string of the molecule is COc1cccc2c1nc(N)n1nc(C3CC3c3ccc(C(N)=O)c(F)c3)nc21. The molecule has 2 aromatic heterocycles. The number of anilines is 1. The smallest absolute Gasteiger partial charge is 0.251 e. The van der Waals surface area contributed by atoms with E-state index in [0.717, 1.165) is 17.4 Å². The Morgan fingerprint density at radius 1 is 1.24 bits per heavy atom. The first-order chi connectivity index (χ1) is 14.0. The molecule has 5 rings (SSSR count). The van der Waals surface area contributed by atoms with Crippen molar-refractivity contribution in [1.29, 1.82) is 0 Å². The lowest BCUT2D eigenvalue weighted by Gasteiger charge is -2.06. The van der Waals surface area contributed by atoms with E-state index in [0.29, 0.717) is 22.7 Å². The van der Waals surface area contributed by atoms with Crippen LogP contribution >= 0.6 is 0 Å². The van der Waals surface area contributed by atoms with Crippen molar-refractivity contribution in [1.82, 2.24) is 19.6 Å². The molecule has 4 N–H and O–H groups in total. The van der Waals surface area contributed by atoms with Crippen molar-refractivity contribution in [3.05, 3.63) is 59.2 Å². The highest BCUT2D eigenvalue weighted by Gasteiger charge is 2.43. The van der Waals surface area contributed by atoms with Crippen molar-refractivity contribution in [2.24, 2.45) is 5.73 Å². The molecular weight excluding hydrogens is 375 g/mol. The van der Waals surface area contributed by atoms with Gasteiger partial charge in [0.05, 0.1) is 12.7 Å². The van der Waals surface area contributed by atoms with Gasteiger partial charge in [-0.25, -0.2) is 14.4 Å². The van der Waals surface area contributed by atoms with Gasteiger partial charge >= 0.3 is 0 Å². The predicted octanol–water partition coefficient (Wildman–Crippen LogP) is 2.38. The molecule has 0 radical (unpaired) electrons. The van der Waals surface area contributed by atoms with Crippen LogP contribution in [0.25, 0.3) is 16.6 Å². The third kappa shape index (κ3) is 2.65. The number of rotatable bonds is 4. The number of carbonyl (C=O) groups is 1. The van der Waals surface area contributed by atoms with Gasteiger partial charge in [-0.2, -0.15) is 4.52 Å². The third-order valence-electron chi connectivity index (χ3n) is 5.34. The van der Waals surface area contributed by atoms with E-state index in [-0.39, 0.29) is 23.3 Å². The lowest BCUT2D eigenvalue weighted by atomic mass is 10.1. The van der Waals surface area contributed by atoms with E-state index in [2.05, 4.69) is 10.1 Å². The molecule has 1 saturated carbocycles. The van der Waals surface area contributed by atoms with Gasteiger partial charge in [-0.1, -0.05) is 12.1 Å². The average Bonchev–Trinajstić information content (AvgIpc) is 3.37. The maximum absolute atomic E-state index is 14.1. The average molecular weight is 392 g/mol. The number of halogens is 1. The van der Waals surface area contributed by atoms with Gasteiger partial charge in [0.15, 0.2) is 11.5 Å². The summed E-state index contributed by atoms with van der Waals surface area (Å²) in [6, 6.07) is 10.1. The zero-order valence-electron chi connectivity index (χ0n) is 15.5. The molecule has 1 amide bonds. The lowest BCUT2D eigenvalue weighted by Crippen LogP contribution is -2.13. The largest absolute Gasteiger partial charge is 0.494 e. The molecule has 9 heteroatoms. The minimum Gasteiger partial charge on any atom is -0.494 e. The molecular formula is C20H17FN6O2. The summed E-state index contributed by atoms with van der Waals surface area (Å²) in [4.78, 5) is 20.3. The van der Waals surface area contributed by atoms with Crippen molar-refractivity contribution in [3.8, 4) is 5.75 Å². The Morgan fingerprint density at radius 3 is 2.79 bits per heavy atom. The van der Waals surface area contributed by atoms with Crippen LogP contribution in [0.2, 0.25) is 0 Å². The van der Waals surface area contributed by atoms with E-state index in [1.165, 1.54) is 16.6 Å². The molecule has 1 aliphatic rings. The number of nitrogen functional groups attached to an aromatic ring is 1. The third-order valence-corrected chi connectivity index (χ3v) is 5.34. The summed E-state index contributed by atoms with van der Waals surface area (Å²) in [6.07, 6.45) is 0.779. The second-order valence-corrected chi connectivity index (χ2v) is 7.08. The number of methoxy groups -OCH3 is 1. The standard InChI is InChI=1S/C20H17FN6O2/c1-29-15-4-2-3-11-16(15)24-20(23)27-19(11)25-18(26-27)13-8-12(13)9-5-6-10(17(22)28)14(21)7-9/h2-7,12-13H,8H2,1H3,(H2,22,28)(H2,23,24). The molecule has 1 fully saturated rings. The Balaban J connectivity index is 1.54. The summed E-state index contributed by atoms with van der Waals surface area (Å²) in [5.74, 6) is 0.148. The Hall–Kier alpha value is -3.75. The minimum absolute atomic E-state index is 0.0359. The quantitative estimate of drug-likeness (QED) is 0.550. The van der Waals surface area contributed by atoms with Crippen molar-refractivity contribution in [2.75, 3.05) is 12.8 Å². The lowest BCUT2D eigenvalue weighted by molar-refractivity contribution is 0.0996. The van der Waals surface area contributed by atoms with Gasteiger partial charge in [-0.3, -0.25) is 4.79 Å². The molecule has 4 aromatic rings. The fourth-order valence-corrected chi connectivity index (χ4v) is 3.77. The number of aromatic nitrogens is 4. The van der Waals surface area contributed by atoms with E-state index in [1.54, 1.807) is 13.2 Å². The minimum atomic E-state index is -0.784. The van der Waals surface area contributed by atoms with Crippen molar-refractivity contribution in [3.63, 3.8) is 0 Å². The topological polar surface area (TPSA) is 121 Å². The molecule has 0 aliphatic heterocycles. The predicted molar refractivity (Wildman–Crippen MR) is 104 cm³/mol. The number of fused-ring (bicyclic) bond motifs is 3. The number of nitrogens with two attached hydrogens (primary N) is 2. The fraction of sp³-hybridized carbons (Fsp3) is 0.200. The summed E-state index contributed by atoms with van der Waals surface area (Å²) in [5, 5.41) is 5.32. The Kier molecular flexibility index (Phi) is 3.67. The summed E-state index contributed by atoms with van der Waals surface area (Å²) in [7, 11) is 1.57. The first kappa shape index (κ1) is 17.4. The zero-order valence-corrected chi connectivity index (χ0v) is 15.5. The van der Waals surface area contributed by atoms with E-state index < -0.39 is 11.7 Å². The van der Waals surface area contributed by atoms with Crippen LogP contribution in [-0.2, 0) is 0 Å². The van der Waals surface area contributed by atoms with E-state index in [4.69, 9.17) is 21.2 Å². The number of benzene rings is 2. The van der Waals surface area contributed by atoms with Crippen molar-refractivity contribution >= 4 is 28.4 Å². The Morgan fingerprint density at radius 2 is 2.07 bits per heavy atom. The molecule has 0 bridgehead atoms. The van der Waals surface area contributed by atoms with Crippen molar-refractivity contribution < 1.29 is 13.9 Å². The number of hydrogen-bond acceptors (Lipinski definition) is 6. The molecule has 2 heterocycles. The molecule has 146 valence electrons. The van der Waals surface area contributed by atoms with Gasteiger partial charge in [0, 0.05) is 11.3 Å². The first-order valence-corrected chi connectivity index (χ1v) is 9.06. The summed E-state index contributed by atoms with van der Waals surface area (Å²) >= 11 is 0. The van der Waals surface area contributed by atoms with Gasteiger partial charge in [-0.15, -0.1) is 5.10 Å². The molecule has 29 heavy (non-hydrogen) atoms. The van der Waals surface area contributed by atoms with Crippen LogP contribution in [0, 0.1) is 5.82 Å².